The molecule has 2 aromatic rings. The normalized spacial score (nSPS) is 12.3. The number of ether oxygens (including phenoxy) is 1. The van der Waals surface area contributed by atoms with E-state index in [0.29, 0.717) is 5.75 Å². The van der Waals surface area contributed by atoms with Crippen molar-refractivity contribution in [3.63, 3.8) is 0 Å². The zero-order valence-electron chi connectivity index (χ0n) is 12.6. The first-order valence-corrected chi connectivity index (χ1v) is 8.21. The SMILES string of the molecule is CCNC(CCCc1cccs1)c1ccc(OC)cc1F. The molecule has 114 valence electrons. The molecule has 1 atom stereocenters. The maximum absolute atomic E-state index is 14.2. The molecule has 0 aliphatic rings. The summed E-state index contributed by atoms with van der Waals surface area (Å²) in [6.45, 7) is 2.88. The first-order valence-electron chi connectivity index (χ1n) is 7.33. The van der Waals surface area contributed by atoms with Gasteiger partial charge in [0.2, 0.25) is 0 Å². The summed E-state index contributed by atoms with van der Waals surface area (Å²) in [6, 6.07) is 9.39. The molecule has 4 heteroatoms. The molecule has 0 aliphatic carbocycles. The molecule has 21 heavy (non-hydrogen) atoms. The molecule has 0 fully saturated rings. The Morgan fingerprint density at radius 3 is 2.81 bits per heavy atom. The van der Waals surface area contributed by atoms with Gasteiger partial charge in [0.15, 0.2) is 0 Å². The highest BCUT2D eigenvalue weighted by molar-refractivity contribution is 7.09. The number of nitrogens with one attached hydrogen (secondary N) is 1. The van der Waals surface area contributed by atoms with Crippen molar-refractivity contribution in [1.82, 2.24) is 5.32 Å². The summed E-state index contributed by atoms with van der Waals surface area (Å²) in [5.74, 6) is 0.363. The number of halogens is 1. The minimum absolute atomic E-state index is 0.0564. The molecule has 1 aromatic heterocycles. The van der Waals surface area contributed by atoms with E-state index in [-0.39, 0.29) is 11.9 Å². The largest absolute Gasteiger partial charge is 0.497 e. The highest BCUT2D eigenvalue weighted by atomic mass is 32.1. The summed E-state index contributed by atoms with van der Waals surface area (Å²) >= 11 is 1.78. The predicted molar refractivity (Wildman–Crippen MR) is 86.6 cm³/mol. The lowest BCUT2D eigenvalue weighted by Crippen LogP contribution is -2.22. The first-order chi connectivity index (χ1) is 10.2. The molecule has 0 spiro atoms. The van der Waals surface area contributed by atoms with Gasteiger partial charge in [-0.15, -0.1) is 11.3 Å². The minimum atomic E-state index is -0.198. The van der Waals surface area contributed by atoms with Gasteiger partial charge < -0.3 is 10.1 Å². The van der Waals surface area contributed by atoms with Gasteiger partial charge in [0, 0.05) is 22.5 Å². The number of hydrogen-bond donors (Lipinski definition) is 1. The molecule has 0 radical (unpaired) electrons. The molecular weight excluding hydrogens is 285 g/mol. The summed E-state index contributed by atoms with van der Waals surface area (Å²) in [7, 11) is 1.55. The van der Waals surface area contributed by atoms with Crippen LogP contribution in [0, 0.1) is 5.82 Å². The second-order valence-corrected chi connectivity index (χ2v) is 6.00. The molecule has 0 amide bonds. The lowest BCUT2D eigenvalue weighted by atomic mass is 10.00. The molecule has 1 aromatic carbocycles. The van der Waals surface area contributed by atoms with E-state index in [1.807, 2.05) is 19.1 Å². The second-order valence-electron chi connectivity index (χ2n) is 4.97. The Morgan fingerprint density at radius 1 is 1.33 bits per heavy atom. The molecule has 0 bridgehead atoms. The van der Waals surface area contributed by atoms with Crippen LogP contribution in [0.1, 0.15) is 36.2 Å². The van der Waals surface area contributed by atoms with E-state index in [1.54, 1.807) is 18.4 Å². The number of aryl methyl sites for hydroxylation is 1. The van der Waals surface area contributed by atoms with Crippen molar-refractivity contribution in [2.24, 2.45) is 0 Å². The van der Waals surface area contributed by atoms with Gasteiger partial charge in [0.05, 0.1) is 7.11 Å². The van der Waals surface area contributed by atoms with Crippen LogP contribution in [-0.4, -0.2) is 13.7 Å². The maximum Gasteiger partial charge on any atom is 0.131 e. The van der Waals surface area contributed by atoms with Crippen molar-refractivity contribution >= 4 is 11.3 Å². The van der Waals surface area contributed by atoms with E-state index < -0.39 is 0 Å². The molecule has 2 rings (SSSR count). The lowest BCUT2D eigenvalue weighted by Gasteiger charge is -2.19. The topological polar surface area (TPSA) is 21.3 Å². The van der Waals surface area contributed by atoms with Crippen LogP contribution in [0.25, 0.3) is 0 Å². The van der Waals surface area contributed by atoms with Gasteiger partial charge in [0.25, 0.3) is 0 Å². The number of hydrogen-bond acceptors (Lipinski definition) is 3. The summed E-state index contributed by atoms with van der Waals surface area (Å²) in [6.07, 6.45) is 3.02. The highest BCUT2D eigenvalue weighted by Crippen LogP contribution is 2.26. The molecule has 0 saturated heterocycles. The lowest BCUT2D eigenvalue weighted by molar-refractivity contribution is 0.408. The third kappa shape index (κ3) is 4.55. The number of benzene rings is 1. The average Bonchev–Trinajstić information content (AvgIpc) is 2.99. The number of rotatable bonds is 8. The Hall–Kier alpha value is -1.39. The van der Waals surface area contributed by atoms with Gasteiger partial charge in [-0.1, -0.05) is 19.1 Å². The van der Waals surface area contributed by atoms with Crippen LogP contribution in [0.5, 0.6) is 5.75 Å². The Labute approximate surface area is 130 Å². The van der Waals surface area contributed by atoms with Crippen LogP contribution in [0.4, 0.5) is 4.39 Å². The molecule has 1 N–H and O–H groups in total. The third-order valence-electron chi connectivity index (χ3n) is 3.53. The van der Waals surface area contributed by atoms with Crippen LogP contribution in [0.15, 0.2) is 35.7 Å². The van der Waals surface area contributed by atoms with E-state index in [4.69, 9.17) is 4.74 Å². The van der Waals surface area contributed by atoms with Gasteiger partial charge in [-0.25, -0.2) is 4.39 Å². The average molecular weight is 307 g/mol. The zero-order chi connectivity index (χ0) is 15.1. The van der Waals surface area contributed by atoms with Crippen molar-refractivity contribution in [3.8, 4) is 5.75 Å². The van der Waals surface area contributed by atoms with Crippen LogP contribution in [-0.2, 0) is 6.42 Å². The fourth-order valence-electron chi connectivity index (χ4n) is 2.47. The summed E-state index contributed by atoms with van der Waals surface area (Å²) in [5.41, 5.74) is 0.726. The van der Waals surface area contributed by atoms with E-state index >= 15 is 0 Å². The predicted octanol–water partition coefficient (Wildman–Crippen LogP) is 4.57. The van der Waals surface area contributed by atoms with Gasteiger partial charge in [-0.05, 0) is 43.3 Å². The monoisotopic (exact) mass is 307 g/mol. The number of thiophene rings is 1. The number of methoxy groups -OCH3 is 1. The standard InChI is InChI=1S/C17H22FNOS/c1-3-19-17(8-4-6-14-7-5-11-21-14)15-10-9-13(20-2)12-16(15)18/h5,7,9-12,17,19H,3-4,6,8H2,1-2H3. The highest BCUT2D eigenvalue weighted by Gasteiger charge is 2.15. The molecule has 1 unspecified atom stereocenters. The zero-order valence-corrected chi connectivity index (χ0v) is 13.4. The Morgan fingerprint density at radius 2 is 2.19 bits per heavy atom. The Kier molecular flexibility index (Phi) is 6.21. The van der Waals surface area contributed by atoms with Gasteiger partial charge in [-0.2, -0.15) is 0 Å². The first kappa shape index (κ1) is 16.0. The van der Waals surface area contributed by atoms with Crippen LogP contribution in [0.3, 0.4) is 0 Å². The smallest absolute Gasteiger partial charge is 0.131 e. The van der Waals surface area contributed by atoms with Crippen molar-refractivity contribution in [1.29, 1.82) is 0 Å². The summed E-state index contributed by atoms with van der Waals surface area (Å²) in [5, 5.41) is 5.48. The molecule has 2 nitrogen and oxygen atoms in total. The van der Waals surface area contributed by atoms with Gasteiger partial charge in [0.1, 0.15) is 11.6 Å². The summed E-state index contributed by atoms with van der Waals surface area (Å²) < 4.78 is 19.3. The fourth-order valence-corrected chi connectivity index (χ4v) is 3.22. The van der Waals surface area contributed by atoms with Gasteiger partial charge >= 0.3 is 0 Å². The Balaban J connectivity index is 2.00. The maximum atomic E-state index is 14.2. The van der Waals surface area contributed by atoms with Crippen molar-refractivity contribution < 1.29 is 9.13 Å². The summed E-state index contributed by atoms with van der Waals surface area (Å²) in [4.78, 5) is 1.39. The molecule has 1 heterocycles. The van der Waals surface area contributed by atoms with Gasteiger partial charge in [-0.3, -0.25) is 0 Å². The van der Waals surface area contributed by atoms with Crippen molar-refractivity contribution in [2.45, 2.75) is 32.2 Å². The van der Waals surface area contributed by atoms with E-state index in [2.05, 4.69) is 22.8 Å². The van der Waals surface area contributed by atoms with E-state index in [0.717, 1.165) is 31.4 Å². The molecule has 0 aliphatic heterocycles. The minimum Gasteiger partial charge on any atom is -0.497 e. The Bertz CT molecular complexity index is 542. The fraction of sp³-hybridized carbons (Fsp3) is 0.412. The van der Waals surface area contributed by atoms with Crippen LogP contribution < -0.4 is 10.1 Å². The van der Waals surface area contributed by atoms with Crippen molar-refractivity contribution in [2.75, 3.05) is 13.7 Å². The molecular formula is C17H22FNOS. The van der Waals surface area contributed by atoms with Crippen LogP contribution >= 0.6 is 11.3 Å². The van der Waals surface area contributed by atoms with Crippen LogP contribution in [0.2, 0.25) is 0 Å². The second kappa shape index (κ2) is 8.15. The third-order valence-corrected chi connectivity index (χ3v) is 4.47. The van der Waals surface area contributed by atoms with E-state index in [1.165, 1.54) is 10.9 Å². The molecule has 0 saturated carbocycles. The quantitative estimate of drug-likeness (QED) is 0.771. The van der Waals surface area contributed by atoms with E-state index in [9.17, 15) is 4.39 Å². The van der Waals surface area contributed by atoms with Crippen molar-refractivity contribution in [3.05, 3.63) is 52.0 Å².